The molecule has 0 aromatic carbocycles. The van der Waals surface area contributed by atoms with Crippen LogP contribution >= 0.6 is 15.9 Å². The molecule has 14 heavy (non-hydrogen) atoms. The number of unbranched alkanes of at least 4 members (excludes halogenated alkanes) is 1. The Kier molecular flexibility index (Phi) is 5.38. The number of rotatable bonds is 6. The van der Waals surface area contributed by atoms with Crippen molar-refractivity contribution in [1.82, 2.24) is 0 Å². The van der Waals surface area contributed by atoms with Gasteiger partial charge in [-0.25, -0.2) is 0 Å². The van der Waals surface area contributed by atoms with Gasteiger partial charge in [-0.05, 0) is 26.7 Å². The van der Waals surface area contributed by atoms with Crippen LogP contribution < -0.4 is 0 Å². The van der Waals surface area contributed by atoms with Crippen molar-refractivity contribution < 1.29 is 14.2 Å². The van der Waals surface area contributed by atoms with Gasteiger partial charge in [-0.15, -0.1) is 0 Å². The van der Waals surface area contributed by atoms with Crippen molar-refractivity contribution in [3.63, 3.8) is 0 Å². The van der Waals surface area contributed by atoms with Crippen LogP contribution in [0.25, 0.3) is 0 Å². The number of hydrogen-bond donors (Lipinski definition) is 0. The van der Waals surface area contributed by atoms with Crippen molar-refractivity contribution in [3.05, 3.63) is 0 Å². The summed E-state index contributed by atoms with van der Waals surface area (Å²) in [4.78, 5) is 0. The van der Waals surface area contributed by atoms with Crippen LogP contribution in [-0.4, -0.2) is 37.0 Å². The molecule has 1 atom stereocenters. The first-order chi connectivity index (χ1) is 6.64. The molecule has 0 amide bonds. The van der Waals surface area contributed by atoms with Crippen LogP contribution in [-0.2, 0) is 14.2 Å². The minimum absolute atomic E-state index is 0.106. The van der Waals surface area contributed by atoms with E-state index in [1.807, 2.05) is 13.8 Å². The van der Waals surface area contributed by atoms with E-state index < -0.39 is 5.79 Å². The Labute approximate surface area is 94.2 Å². The minimum atomic E-state index is -0.427. The van der Waals surface area contributed by atoms with E-state index in [1.165, 1.54) is 0 Å². The van der Waals surface area contributed by atoms with Gasteiger partial charge < -0.3 is 14.2 Å². The highest BCUT2D eigenvalue weighted by atomic mass is 79.9. The maximum atomic E-state index is 5.60. The van der Waals surface area contributed by atoms with Crippen LogP contribution in [0.1, 0.15) is 26.7 Å². The quantitative estimate of drug-likeness (QED) is 0.546. The van der Waals surface area contributed by atoms with Crippen molar-refractivity contribution in [3.8, 4) is 0 Å². The molecule has 0 aromatic rings. The number of hydrogen-bond acceptors (Lipinski definition) is 3. The van der Waals surface area contributed by atoms with Crippen LogP contribution in [0.2, 0.25) is 0 Å². The molecule has 0 spiro atoms. The summed E-state index contributed by atoms with van der Waals surface area (Å²) >= 11 is 3.38. The lowest BCUT2D eigenvalue weighted by Crippen LogP contribution is -2.24. The first kappa shape index (κ1) is 12.4. The van der Waals surface area contributed by atoms with Crippen molar-refractivity contribution in [2.45, 2.75) is 38.6 Å². The van der Waals surface area contributed by atoms with Crippen LogP contribution in [0, 0.1) is 0 Å². The SMILES string of the molecule is CC1(C)OC[C@H](COCCCCBr)O1. The Balaban J connectivity index is 1.98. The maximum Gasteiger partial charge on any atom is 0.163 e. The van der Waals surface area contributed by atoms with Gasteiger partial charge >= 0.3 is 0 Å². The predicted molar refractivity (Wildman–Crippen MR) is 58.8 cm³/mol. The molecule has 4 heteroatoms. The molecule has 0 aliphatic carbocycles. The van der Waals surface area contributed by atoms with Gasteiger partial charge in [0, 0.05) is 11.9 Å². The summed E-state index contributed by atoms with van der Waals surface area (Å²) in [6.45, 7) is 5.96. The summed E-state index contributed by atoms with van der Waals surface area (Å²) in [6.07, 6.45) is 2.37. The molecule has 0 bridgehead atoms. The lowest BCUT2D eigenvalue weighted by atomic mass is 10.3. The average Bonchev–Trinajstić information content (AvgIpc) is 2.45. The van der Waals surface area contributed by atoms with E-state index in [2.05, 4.69) is 15.9 Å². The summed E-state index contributed by atoms with van der Waals surface area (Å²) in [5.41, 5.74) is 0. The normalized spacial score (nSPS) is 25.5. The van der Waals surface area contributed by atoms with Gasteiger partial charge in [0.15, 0.2) is 5.79 Å². The van der Waals surface area contributed by atoms with Gasteiger partial charge in [-0.1, -0.05) is 15.9 Å². The maximum absolute atomic E-state index is 5.60. The van der Waals surface area contributed by atoms with Gasteiger partial charge in [0.2, 0.25) is 0 Å². The molecule has 1 fully saturated rings. The molecule has 3 nitrogen and oxygen atoms in total. The molecule has 0 unspecified atom stereocenters. The third kappa shape index (κ3) is 4.73. The zero-order valence-corrected chi connectivity index (χ0v) is 10.5. The molecule has 0 saturated carbocycles. The summed E-state index contributed by atoms with van der Waals surface area (Å²) in [5.74, 6) is -0.427. The van der Waals surface area contributed by atoms with E-state index in [9.17, 15) is 0 Å². The highest BCUT2D eigenvalue weighted by molar-refractivity contribution is 9.09. The van der Waals surface area contributed by atoms with Gasteiger partial charge in [0.25, 0.3) is 0 Å². The van der Waals surface area contributed by atoms with E-state index in [-0.39, 0.29) is 6.10 Å². The summed E-state index contributed by atoms with van der Waals surface area (Å²) in [6, 6.07) is 0. The fourth-order valence-electron chi connectivity index (χ4n) is 1.36. The van der Waals surface area contributed by atoms with E-state index in [0.29, 0.717) is 13.2 Å². The van der Waals surface area contributed by atoms with Crippen LogP contribution in [0.15, 0.2) is 0 Å². The highest BCUT2D eigenvalue weighted by Crippen LogP contribution is 2.22. The average molecular weight is 267 g/mol. The second kappa shape index (κ2) is 6.05. The smallest absolute Gasteiger partial charge is 0.163 e. The van der Waals surface area contributed by atoms with Crippen molar-refractivity contribution in [2.75, 3.05) is 25.2 Å². The first-order valence-electron chi connectivity index (χ1n) is 5.09. The lowest BCUT2D eigenvalue weighted by Gasteiger charge is -2.16. The largest absolute Gasteiger partial charge is 0.379 e. The molecule has 1 aliphatic rings. The van der Waals surface area contributed by atoms with E-state index in [4.69, 9.17) is 14.2 Å². The van der Waals surface area contributed by atoms with E-state index in [0.717, 1.165) is 24.8 Å². The number of halogens is 1. The molecule has 0 aromatic heterocycles. The summed E-state index contributed by atoms with van der Waals surface area (Å²) < 4.78 is 16.5. The lowest BCUT2D eigenvalue weighted by molar-refractivity contribution is -0.145. The van der Waals surface area contributed by atoms with Crippen molar-refractivity contribution in [1.29, 1.82) is 0 Å². The van der Waals surface area contributed by atoms with Crippen LogP contribution in [0.3, 0.4) is 0 Å². The minimum Gasteiger partial charge on any atom is -0.379 e. The van der Waals surface area contributed by atoms with Crippen LogP contribution in [0.4, 0.5) is 0 Å². The van der Waals surface area contributed by atoms with Crippen LogP contribution in [0.5, 0.6) is 0 Å². The summed E-state index contributed by atoms with van der Waals surface area (Å²) in [5, 5.41) is 1.05. The van der Waals surface area contributed by atoms with Gasteiger partial charge in [-0.3, -0.25) is 0 Å². The van der Waals surface area contributed by atoms with Gasteiger partial charge in [-0.2, -0.15) is 0 Å². The number of ether oxygens (including phenoxy) is 3. The Morgan fingerprint density at radius 3 is 2.79 bits per heavy atom. The van der Waals surface area contributed by atoms with E-state index in [1.54, 1.807) is 0 Å². The molecule has 0 N–H and O–H groups in total. The fraction of sp³-hybridized carbons (Fsp3) is 1.00. The molecule has 1 heterocycles. The molecule has 1 rings (SSSR count). The molecule has 1 saturated heterocycles. The van der Waals surface area contributed by atoms with E-state index >= 15 is 0 Å². The Bertz CT molecular complexity index is 161. The second-order valence-electron chi connectivity index (χ2n) is 3.92. The monoisotopic (exact) mass is 266 g/mol. The second-order valence-corrected chi connectivity index (χ2v) is 4.71. The predicted octanol–water partition coefficient (Wildman–Crippen LogP) is 2.33. The summed E-state index contributed by atoms with van der Waals surface area (Å²) in [7, 11) is 0. The van der Waals surface area contributed by atoms with Gasteiger partial charge in [0.05, 0.1) is 13.2 Å². The fourth-order valence-corrected chi connectivity index (χ4v) is 1.76. The zero-order valence-electron chi connectivity index (χ0n) is 8.92. The first-order valence-corrected chi connectivity index (χ1v) is 6.22. The molecule has 1 aliphatic heterocycles. The standard InChI is InChI=1S/C10H19BrO3/c1-10(2)13-8-9(14-10)7-12-6-4-3-5-11/h9H,3-8H2,1-2H3/t9-/m0/s1. The Morgan fingerprint density at radius 2 is 2.21 bits per heavy atom. The van der Waals surface area contributed by atoms with Gasteiger partial charge in [0.1, 0.15) is 6.10 Å². The Morgan fingerprint density at radius 1 is 1.43 bits per heavy atom. The molecule has 84 valence electrons. The topological polar surface area (TPSA) is 27.7 Å². The highest BCUT2D eigenvalue weighted by Gasteiger charge is 2.32. The molecule has 0 radical (unpaired) electrons. The molecular formula is C10H19BrO3. The third-order valence-electron chi connectivity index (χ3n) is 2.04. The molecular weight excluding hydrogens is 248 g/mol. The van der Waals surface area contributed by atoms with Crippen molar-refractivity contribution in [2.24, 2.45) is 0 Å². The zero-order chi connectivity index (χ0) is 10.4. The number of alkyl halides is 1. The van der Waals surface area contributed by atoms with Crippen molar-refractivity contribution >= 4 is 15.9 Å². The third-order valence-corrected chi connectivity index (χ3v) is 2.60. The Hall–Kier alpha value is 0.360.